The van der Waals surface area contributed by atoms with Crippen LogP contribution in [0.5, 0.6) is 0 Å². The highest BCUT2D eigenvalue weighted by molar-refractivity contribution is 7.89. The number of carbonyl (C=O) groups excluding carboxylic acids is 2. The molecule has 1 atom stereocenters. The Bertz CT molecular complexity index is 793. The Morgan fingerprint density at radius 3 is 2.60 bits per heavy atom. The van der Waals surface area contributed by atoms with Crippen LogP contribution in [0, 0.1) is 12.3 Å². The summed E-state index contributed by atoms with van der Waals surface area (Å²) >= 11 is 0. The van der Waals surface area contributed by atoms with Gasteiger partial charge in [0.25, 0.3) is 0 Å². The van der Waals surface area contributed by atoms with E-state index in [9.17, 15) is 18.0 Å². The van der Waals surface area contributed by atoms with Crippen molar-refractivity contribution in [3.63, 3.8) is 0 Å². The van der Waals surface area contributed by atoms with Gasteiger partial charge in [-0.2, -0.15) is 0 Å². The normalized spacial score (nSPS) is 21.0. The third-order valence-electron chi connectivity index (χ3n) is 4.84. The molecular formula is C16H24N4O4S. The van der Waals surface area contributed by atoms with Gasteiger partial charge in [0.1, 0.15) is 0 Å². The topological polar surface area (TPSA) is 136 Å². The minimum absolute atomic E-state index is 0.0768. The molecule has 1 aliphatic heterocycles. The molecule has 1 fully saturated rings. The van der Waals surface area contributed by atoms with E-state index in [1.54, 1.807) is 17.9 Å². The van der Waals surface area contributed by atoms with E-state index in [1.165, 1.54) is 12.1 Å². The maximum atomic E-state index is 12.6. The van der Waals surface area contributed by atoms with Crippen molar-refractivity contribution < 1.29 is 18.0 Å². The second kappa shape index (κ2) is 7.01. The van der Waals surface area contributed by atoms with E-state index < -0.39 is 27.4 Å². The van der Waals surface area contributed by atoms with Crippen molar-refractivity contribution in [2.45, 2.75) is 38.0 Å². The van der Waals surface area contributed by atoms with E-state index in [-0.39, 0.29) is 11.4 Å². The summed E-state index contributed by atoms with van der Waals surface area (Å²) in [5, 5.41) is 7.84. The lowest BCUT2D eigenvalue weighted by Crippen LogP contribution is -2.52. The molecule has 25 heavy (non-hydrogen) atoms. The summed E-state index contributed by atoms with van der Waals surface area (Å²) in [6.07, 6.45) is 1.90. The number of nitrogens with zero attached hydrogens (tertiary/aromatic N) is 1. The smallest absolute Gasteiger partial charge is 0.321 e. The number of piperidine rings is 1. The molecule has 5 N–H and O–H groups in total. The second-order valence-corrected chi connectivity index (χ2v) is 8.04. The van der Waals surface area contributed by atoms with Gasteiger partial charge in [0.15, 0.2) is 0 Å². The summed E-state index contributed by atoms with van der Waals surface area (Å²) in [6.45, 7) is 4.39. The van der Waals surface area contributed by atoms with Gasteiger partial charge in [0.05, 0.1) is 10.3 Å². The Hall–Kier alpha value is -2.13. The van der Waals surface area contributed by atoms with Crippen LogP contribution in [0.4, 0.5) is 10.5 Å². The molecule has 1 aliphatic rings. The minimum Gasteiger partial charge on any atom is -0.369 e. The summed E-state index contributed by atoms with van der Waals surface area (Å²) in [7, 11) is -3.86. The van der Waals surface area contributed by atoms with Gasteiger partial charge in [0, 0.05) is 18.8 Å². The Kier molecular flexibility index (Phi) is 5.38. The number of primary sulfonamides is 1. The number of carbonyl (C=O) groups is 2. The fraction of sp³-hybridized carbons (Fsp3) is 0.500. The van der Waals surface area contributed by atoms with Gasteiger partial charge in [-0.3, -0.25) is 4.79 Å². The maximum absolute atomic E-state index is 12.6. The first-order chi connectivity index (χ1) is 11.6. The van der Waals surface area contributed by atoms with Gasteiger partial charge in [-0.25, -0.2) is 18.4 Å². The van der Waals surface area contributed by atoms with Crippen molar-refractivity contribution in [3.05, 3.63) is 23.8 Å². The first kappa shape index (κ1) is 19.2. The molecule has 138 valence electrons. The molecule has 0 bridgehead atoms. The number of benzene rings is 1. The van der Waals surface area contributed by atoms with E-state index in [0.29, 0.717) is 37.1 Å². The fourth-order valence-corrected chi connectivity index (χ4v) is 3.62. The van der Waals surface area contributed by atoms with Crippen LogP contribution < -0.4 is 16.2 Å². The Morgan fingerprint density at radius 2 is 2.04 bits per heavy atom. The van der Waals surface area contributed by atoms with Gasteiger partial charge >= 0.3 is 6.03 Å². The van der Waals surface area contributed by atoms with Crippen molar-refractivity contribution >= 4 is 27.6 Å². The number of primary amides is 1. The number of aryl methyl sites for hydroxylation is 1. The van der Waals surface area contributed by atoms with Gasteiger partial charge < -0.3 is 16.0 Å². The van der Waals surface area contributed by atoms with E-state index in [1.807, 2.05) is 6.92 Å². The monoisotopic (exact) mass is 368 g/mol. The van der Waals surface area contributed by atoms with Crippen LogP contribution in [-0.4, -0.2) is 38.3 Å². The number of amides is 3. The SMILES string of the molecule is CCC1(C(N)=O)CCCN(C(=O)Nc2cc(S(N)(=O)=O)ccc2C)C1. The third-order valence-corrected chi connectivity index (χ3v) is 5.75. The highest BCUT2D eigenvalue weighted by atomic mass is 32.2. The number of anilines is 1. The number of sulfonamides is 1. The lowest BCUT2D eigenvalue weighted by atomic mass is 9.77. The standard InChI is InChI=1S/C16H24N4O4S/c1-3-16(14(17)21)7-4-8-20(10-16)15(22)19-13-9-12(25(18,23)24)6-5-11(13)2/h5-6,9H,3-4,7-8,10H2,1-2H3,(H2,17,21)(H,19,22)(H2,18,23,24). The van der Waals surface area contributed by atoms with Crippen molar-refractivity contribution in [2.75, 3.05) is 18.4 Å². The molecule has 0 aliphatic carbocycles. The lowest BCUT2D eigenvalue weighted by Gasteiger charge is -2.40. The first-order valence-corrected chi connectivity index (χ1v) is 9.63. The summed E-state index contributed by atoms with van der Waals surface area (Å²) in [5.41, 5.74) is 5.89. The molecule has 1 aromatic rings. The lowest BCUT2D eigenvalue weighted by molar-refractivity contribution is -0.130. The largest absolute Gasteiger partial charge is 0.369 e. The molecule has 0 saturated carbocycles. The van der Waals surface area contributed by atoms with Gasteiger partial charge in [-0.05, 0) is 43.9 Å². The average Bonchev–Trinajstić information content (AvgIpc) is 2.55. The van der Waals surface area contributed by atoms with Crippen LogP contribution in [0.2, 0.25) is 0 Å². The van der Waals surface area contributed by atoms with Crippen LogP contribution in [0.1, 0.15) is 31.7 Å². The summed E-state index contributed by atoms with van der Waals surface area (Å²) in [5.74, 6) is -0.403. The zero-order chi connectivity index (χ0) is 18.8. The van der Waals surface area contributed by atoms with Gasteiger partial charge in [-0.15, -0.1) is 0 Å². The number of nitrogens with one attached hydrogen (secondary N) is 1. The zero-order valence-electron chi connectivity index (χ0n) is 14.4. The van der Waals surface area contributed by atoms with Crippen LogP contribution in [0.3, 0.4) is 0 Å². The number of nitrogens with two attached hydrogens (primary N) is 2. The van der Waals surface area contributed by atoms with Crippen molar-refractivity contribution in [2.24, 2.45) is 16.3 Å². The quantitative estimate of drug-likeness (QED) is 0.734. The fourth-order valence-electron chi connectivity index (χ4n) is 3.08. The molecule has 1 saturated heterocycles. The summed E-state index contributed by atoms with van der Waals surface area (Å²) < 4.78 is 23.0. The van der Waals surface area contributed by atoms with Crippen LogP contribution in [0.25, 0.3) is 0 Å². The minimum atomic E-state index is -3.86. The molecule has 0 aromatic heterocycles. The van der Waals surface area contributed by atoms with E-state index in [2.05, 4.69) is 5.32 Å². The zero-order valence-corrected chi connectivity index (χ0v) is 15.2. The molecule has 1 heterocycles. The molecule has 9 heteroatoms. The van der Waals surface area contributed by atoms with E-state index >= 15 is 0 Å². The Labute approximate surface area is 147 Å². The average molecular weight is 368 g/mol. The maximum Gasteiger partial charge on any atom is 0.321 e. The number of rotatable bonds is 4. The molecule has 0 spiro atoms. The van der Waals surface area contributed by atoms with Crippen molar-refractivity contribution in [1.82, 2.24) is 4.90 Å². The van der Waals surface area contributed by atoms with Crippen LogP contribution in [0.15, 0.2) is 23.1 Å². The molecular weight excluding hydrogens is 344 g/mol. The molecule has 3 amide bonds. The number of likely N-dealkylation sites (tertiary alicyclic amines) is 1. The molecule has 1 aromatic carbocycles. The highest BCUT2D eigenvalue weighted by Crippen LogP contribution is 2.33. The Morgan fingerprint density at radius 1 is 1.36 bits per heavy atom. The van der Waals surface area contributed by atoms with E-state index in [4.69, 9.17) is 10.9 Å². The molecule has 0 radical (unpaired) electrons. The molecule has 1 unspecified atom stereocenters. The summed E-state index contributed by atoms with van der Waals surface area (Å²) in [6, 6.07) is 3.89. The predicted molar refractivity (Wildman–Crippen MR) is 94.3 cm³/mol. The van der Waals surface area contributed by atoms with Gasteiger partial charge in [-0.1, -0.05) is 13.0 Å². The first-order valence-electron chi connectivity index (χ1n) is 8.08. The number of hydrogen-bond donors (Lipinski definition) is 3. The summed E-state index contributed by atoms with van der Waals surface area (Å²) in [4.78, 5) is 25.9. The van der Waals surface area contributed by atoms with Crippen LogP contribution in [-0.2, 0) is 14.8 Å². The van der Waals surface area contributed by atoms with Gasteiger partial charge in [0.2, 0.25) is 15.9 Å². The third kappa shape index (κ3) is 4.10. The second-order valence-electron chi connectivity index (χ2n) is 6.48. The predicted octanol–water partition coefficient (Wildman–Crippen LogP) is 1.15. The highest BCUT2D eigenvalue weighted by Gasteiger charge is 2.40. The van der Waals surface area contributed by atoms with Crippen molar-refractivity contribution in [1.29, 1.82) is 0 Å². The van der Waals surface area contributed by atoms with E-state index in [0.717, 1.165) is 0 Å². The number of urea groups is 1. The molecule has 8 nitrogen and oxygen atoms in total. The number of hydrogen-bond acceptors (Lipinski definition) is 4. The Balaban J connectivity index is 2.21. The molecule has 2 rings (SSSR count). The van der Waals surface area contributed by atoms with Crippen LogP contribution >= 0.6 is 0 Å². The van der Waals surface area contributed by atoms with Crippen molar-refractivity contribution in [3.8, 4) is 0 Å².